The molecule has 3 nitrogen and oxygen atoms in total. The topological polar surface area (TPSA) is 41.3 Å². The Bertz CT molecular complexity index is 313. The lowest BCUT2D eigenvalue weighted by Gasteiger charge is -2.18. The van der Waals surface area contributed by atoms with E-state index in [2.05, 4.69) is 38.3 Å². The number of nitrogens with one attached hydrogen (secondary N) is 1. The Morgan fingerprint density at radius 2 is 2.13 bits per heavy atom. The van der Waals surface area contributed by atoms with Gasteiger partial charge in [0.1, 0.15) is 0 Å². The highest BCUT2D eigenvalue weighted by Gasteiger charge is 2.04. The Labute approximate surface area is 99.8 Å². The first-order valence-corrected chi connectivity index (χ1v) is 5.85. The maximum Gasteiger partial charge on any atom is 0.0597 e. The molecule has 0 heterocycles. The molecule has 0 aromatic heterocycles. The molecule has 0 saturated heterocycles. The minimum Gasteiger partial charge on any atom is -0.383 e. The molecular formula is C11H18BrN3. The van der Waals surface area contributed by atoms with Gasteiger partial charge in [-0.25, -0.2) is 0 Å². The van der Waals surface area contributed by atoms with Crippen molar-refractivity contribution in [3.63, 3.8) is 0 Å². The van der Waals surface area contributed by atoms with Crippen LogP contribution in [0, 0.1) is 0 Å². The Balaban J connectivity index is 2.77. The highest BCUT2D eigenvalue weighted by molar-refractivity contribution is 9.10. The van der Waals surface area contributed by atoms with E-state index < -0.39 is 0 Å². The van der Waals surface area contributed by atoms with Crippen LogP contribution < -0.4 is 16.0 Å². The molecule has 1 rings (SSSR count). The fraction of sp³-hybridized carbons (Fsp3) is 0.455. The number of anilines is 2. The Hall–Kier alpha value is -0.740. The third-order valence-corrected chi connectivity index (χ3v) is 2.63. The second-order valence-electron chi connectivity index (χ2n) is 3.62. The summed E-state index contributed by atoms with van der Waals surface area (Å²) in [5, 5.41) is 3.38. The fourth-order valence-corrected chi connectivity index (χ4v) is 1.73. The Morgan fingerprint density at radius 3 is 2.73 bits per heavy atom. The van der Waals surface area contributed by atoms with Crippen molar-refractivity contribution < 1.29 is 0 Å². The molecule has 0 fully saturated rings. The van der Waals surface area contributed by atoms with E-state index in [1.807, 2.05) is 20.2 Å². The van der Waals surface area contributed by atoms with Gasteiger partial charge in [-0.1, -0.05) is 15.9 Å². The van der Waals surface area contributed by atoms with E-state index in [0.29, 0.717) is 0 Å². The first-order chi connectivity index (χ1) is 7.15. The van der Waals surface area contributed by atoms with Gasteiger partial charge in [-0.15, -0.1) is 0 Å². The van der Waals surface area contributed by atoms with Crippen molar-refractivity contribution in [3.05, 3.63) is 22.7 Å². The van der Waals surface area contributed by atoms with Crippen molar-refractivity contribution >= 4 is 27.3 Å². The first-order valence-electron chi connectivity index (χ1n) is 5.06. The highest BCUT2D eigenvalue weighted by Crippen LogP contribution is 2.27. The fourth-order valence-electron chi connectivity index (χ4n) is 1.36. The summed E-state index contributed by atoms with van der Waals surface area (Å²) in [4.78, 5) is 2.09. The maximum absolute atomic E-state index is 5.46. The molecule has 0 amide bonds. The lowest BCUT2D eigenvalue weighted by Crippen LogP contribution is -2.14. The zero-order chi connectivity index (χ0) is 11.3. The van der Waals surface area contributed by atoms with Crippen LogP contribution >= 0.6 is 15.9 Å². The number of nitrogens with zero attached hydrogens (tertiary/aromatic N) is 1. The third-order valence-electron chi connectivity index (χ3n) is 2.14. The summed E-state index contributed by atoms with van der Waals surface area (Å²) in [6.07, 6.45) is 0.985. The Kier molecular flexibility index (Phi) is 4.91. The zero-order valence-electron chi connectivity index (χ0n) is 9.26. The quantitative estimate of drug-likeness (QED) is 0.808. The van der Waals surface area contributed by atoms with Gasteiger partial charge in [-0.2, -0.15) is 0 Å². The van der Waals surface area contributed by atoms with E-state index in [1.54, 1.807) is 0 Å². The molecule has 0 aliphatic rings. The van der Waals surface area contributed by atoms with Crippen LogP contribution in [0.5, 0.6) is 0 Å². The van der Waals surface area contributed by atoms with Crippen LogP contribution in [0.3, 0.4) is 0 Å². The van der Waals surface area contributed by atoms with Gasteiger partial charge in [0.15, 0.2) is 0 Å². The zero-order valence-corrected chi connectivity index (χ0v) is 10.8. The van der Waals surface area contributed by atoms with Crippen molar-refractivity contribution in [2.75, 3.05) is 37.4 Å². The van der Waals surface area contributed by atoms with Gasteiger partial charge in [-0.3, -0.25) is 0 Å². The molecule has 15 heavy (non-hydrogen) atoms. The average Bonchev–Trinajstić information content (AvgIpc) is 2.18. The van der Waals surface area contributed by atoms with Crippen molar-refractivity contribution in [3.8, 4) is 0 Å². The molecular weight excluding hydrogens is 254 g/mol. The molecule has 0 radical (unpaired) electrons. The normalized spacial score (nSPS) is 10.1. The molecule has 84 valence electrons. The third kappa shape index (κ3) is 3.72. The summed E-state index contributed by atoms with van der Waals surface area (Å²) in [5.41, 5.74) is 7.79. The lowest BCUT2D eigenvalue weighted by molar-refractivity contribution is 0.873. The molecule has 0 unspecified atom stereocenters. The van der Waals surface area contributed by atoms with Crippen LogP contribution in [0.25, 0.3) is 0 Å². The molecule has 0 atom stereocenters. The first kappa shape index (κ1) is 12.3. The molecule has 3 N–H and O–H groups in total. The summed E-state index contributed by atoms with van der Waals surface area (Å²) >= 11 is 3.47. The second kappa shape index (κ2) is 5.98. The second-order valence-corrected chi connectivity index (χ2v) is 4.54. The number of benzene rings is 1. The number of rotatable bonds is 5. The summed E-state index contributed by atoms with van der Waals surface area (Å²) in [7, 11) is 4.08. The van der Waals surface area contributed by atoms with Crippen LogP contribution in [0.1, 0.15) is 6.42 Å². The summed E-state index contributed by atoms with van der Waals surface area (Å²) < 4.78 is 1.09. The summed E-state index contributed by atoms with van der Waals surface area (Å²) in [6.45, 7) is 1.63. The van der Waals surface area contributed by atoms with Crippen LogP contribution in [-0.4, -0.2) is 27.2 Å². The maximum atomic E-state index is 5.46. The molecule has 0 aliphatic carbocycles. The largest absolute Gasteiger partial charge is 0.383 e. The SMILES string of the molecule is CN(C)c1ccc(Br)cc1NCCCN. The molecule has 1 aromatic rings. The monoisotopic (exact) mass is 271 g/mol. The van der Waals surface area contributed by atoms with Gasteiger partial charge in [0, 0.05) is 25.1 Å². The van der Waals surface area contributed by atoms with Gasteiger partial charge < -0.3 is 16.0 Å². The van der Waals surface area contributed by atoms with E-state index in [4.69, 9.17) is 5.73 Å². The minimum absolute atomic E-state index is 0.721. The van der Waals surface area contributed by atoms with Gasteiger partial charge in [0.2, 0.25) is 0 Å². The van der Waals surface area contributed by atoms with E-state index in [-0.39, 0.29) is 0 Å². The average molecular weight is 272 g/mol. The van der Waals surface area contributed by atoms with Crippen molar-refractivity contribution in [1.82, 2.24) is 0 Å². The smallest absolute Gasteiger partial charge is 0.0597 e. The van der Waals surface area contributed by atoms with Gasteiger partial charge in [0.25, 0.3) is 0 Å². The number of halogens is 1. The van der Waals surface area contributed by atoms with Crippen molar-refractivity contribution in [2.24, 2.45) is 5.73 Å². The van der Waals surface area contributed by atoms with Crippen molar-refractivity contribution in [1.29, 1.82) is 0 Å². The molecule has 0 bridgehead atoms. The van der Waals surface area contributed by atoms with Gasteiger partial charge in [0.05, 0.1) is 11.4 Å². The van der Waals surface area contributed by atoms with Crippen LogP contribution in [0.4, 0.5) is 11.4 Å². The van der Waals surface area contributed by atoms with Gasteiger partial charge in [-0.05, 0) is 31.2 Å². The van der Waals surface area contributed by atoms with E-state index in [9.17, 15) is 0 Å². The number of hydrogen-bond acceptors (Lipinski definition) is 3. The van der Waals surface area contributed by atoms with E-state index >= 15 is 0 Å². The molecule has 1 aromatic carbocycles. The van der Waals surface area contributed by atoms with Crippen LogP contribution in [0.15, 0.2) is 22.7 Å². The Morgan fingerprint density at radius 1 is 1.40 bits per heavy atom. The summed E-state index contributed by atoms with van der Waals surface area (Å²) in [5.74, 6) is 0. The number of nitrogens with two attached hydrogens (primary N) is 1. The van der Waals surface area contributed by atoms with Crippen LogP contribution in [0.2, 0.25) is 0 Å². The summed E-state index contributed by atoms with van der Waals surface area (Å²) in [6, 6.07) is 6.23. The predicted molar refractivity (Wildman–Crippen MR) is 70.6 cm³/mol. The van der Waals surface area contributed by atoms with Crippen LogP contribution in [-0.2, 0) is 0 Å². The molecule has 0 spiro atoms. The van der Waals surface area contributed by atoms with Crippen molar-refractivity contribution in [2.45, 2.75) is 6.42 Å². The van der Waals surface area contributed by atoms with E-state index in [0.717, 1.165) is 29.7 Å². The molecule has 0 aliphatic heterocycles. The minimum atomic E-state index is 0.721. The number of hydrogen-bond donors (Lipinski definition) is 2. The molecule has 4 heteroatoms. The molecule has 0 saturated carbocycles. The van der Waals surface area contributed by atoms with E-state index in [1.165, 1.54) is 5.69 Å². The predicted octanol–water partition coefficient (Wildman–Crippen LogP) is 2.28. The lowest BCUT2D eigenvalue weighted by atomic mass is 10.2. The highest BCUT2D eigenvalue weighted by atomic mass is 79.9. The standard InChI is InChI=1S/C11H18BrN3/c1-15(2)11-5-4-9(12)8-10(11)14-7-3-6-13/h4-5,8,14H,3,6-7,13H2,1-2H3. The van der Waals surface area contributed by atoms with Gasteiger partial charge >= 0.3 is 0 Å².